The lowest BCUT2D eigenvalue weighted by Gasteiger charge is -2.10. The number of rotatable bonds is 8. The van der Waals surface area contributed by atoms with Gasteiger partial charge in [0.15, 0.2) is 0 Å². The molecule has 4 rings (SSSR count). The molecule has 9 nitrogen and oxygen atoms in total. The number of sulfonamides is 1. The largest absolute Gasteiger partial charge is 0.420 e. The first-order valence-electron chi connectivity index (χ1n) is 10.2. The van der Waals surface area contributed by atoms with Crippen molar-refractivity contribution < 1.29 is 22.0 Å². The molecule has 33 heavy (non-hydrogen) atoms. The van der Waals surface area contributed by atoms with Crippen molar-refractivity contribution in [1.82, 2.24) is 15.1 Å². The number of nitrogens with zero attached hydrogens (tertiary/aromatic N) is 4. The molecule has 0 atom stereocenters. The number of halogens is 1. The third-order valence-electron chi connectivity index (χ3n) is 4.87. The molecule has 2 aromatic carbocycles. The van der Waals surface area contributed by atoms with Gasteiger partial charge in [0.05, 0.1) is 12.0 Å². The monoisotopic (exact) mass is 471 g/mol. The summed E-state index contributed by atoms with van der Waals surface area (Å²) in [6.45, 7) is 0. The van der Waals surface area contributed by atoms with Crippen LogP contribution in [-0.4, -0.2) is 49.9 Å². The number of benzene rings is 2. The number of aromatic nitrogens is 2. The fourth-order valence-corrected chi connectivity index (χ4v) is 4.20. The summed E-state index contributed by atoms with van der Waals surface area (Å²) < 4.78 is 49.2. The maximum absolute atomic E-state index is 13.9. The van der Waals surface area contributed by atoms with E-state index in [0.717, 1.165) is 19.2 Å². The van der Waals surface area contributed by atoms with Crippen molar-refractivity contribution in [3.05, 3.63) is 59.7 Å². The molecule has 1 N–H and O–H groups in total. The van der Waals surface area contributed by atoms with Gasteiger partial charge >= 0.3 is 0 Å². The van der Waals surface area contributed by atoms with Crippen LogP contribution in [0.2, 0.25) is 0 Å². The molecule has 11 heteroatoms. The van der Waals surface area contributed by atoms with E-state index in [2.05, 4.69) is 19.9 Å². The molecule has 172 valence electrons. The van der Waals surface area contributed by atoms with Crippen LogP contribution in [0, 0.1) is 5.82 Å². The summed E-state index contributed by atoms with van der Waals surface area (Å²) in [6.07, 6.45) is 2.86. The van der Waals surface area contributed by atoms with E-state index in [1.165, 1.54) is 41.3 Å². The molecule has 1 fully saturated rings. The van der Waals surface area contributed by atoms with E-state index in [0.29, 0.717) is 5.89 Å². The van der Waals surface area contributed by atoms with Crippen LogP contribution in [0.3, 0.4) is 0 Å². The van der Waals surface area contributed by atoms with Gasteiger partial charge in [-0.2, -0.15) is 8.42 Å². The van der Waals surface area contributed by atoms with Crippen molar-refractivity contribution in [1.29, 1.82) is 0 Å². The van der Waals surface area contributed by atoms with E-state index < -0.39 is 21.7 Å². The van der Waals surface area contributed by atoms with Crippen molar-refractivity contribution in [2.45, 2.75) is 30.1 Å². The van der Waals surface area contributed by atoms with Crippen molar-refractivity contribution >= 4 is 28.0 Å². The highest BCUT2D eigenvalue weighted by Gasteiger charge is 2.31. The molecule has 0 spiro atoms. The summed E-state index contributed by atoms with van der Waals surface area (Å²) >= 11 is 0. The SMILES string of the molecule is CN(C)C=NS(=O)(=O)c1cc(NC(=O)Cc2ccccc2F)ccc1-c1nnc(C2CC2)o1. The Labute approximate surface area is 190 Å². The second kappa shape index (κ2) is 9.10. The Kier molecular flexibility index (Phi) is 6.23. The molecule has 1 heterocycles. The van der Waals surface area contributed by atoms with Crippen molar-refractivity contribution in [3.63, 3.8) is 0 Å². The lowest BCUT2D eigenvalue weighted by molar-refractivity contribution is -0.115. The molecule has 0 saturated heterocycles. The zero-order valence-electron chi connectivity index (χ0n) is 18.0. The van der Waals surface area contributed by atoms with Crippen LogP contribution >= 0.6 is 0 Å². The molecule has 0 unspecified atom stereocenters. The van der Waals surface area contributed by atoms with Crippen LogP contribution in [0.25, 0.3) is 11.5 Å². The quantitative estimate of drug-likeness (QED) is 0.396. The Morgan fingerprint density at radius 2 is 2.00 bits per heavy atom. The van der Waals surface area contributed by atoms with E-state index >= 15 is 0 Å². The summed E-state index contributed by atoms with van der Waals surface area (Å²) in [4.78, 5) is 13.7. The molecule has 3 aromatic rings. The van der Waals surface area contributed by atoms with E-state index in [1.807, 2.05) is 0 Å². The number of nitrogens with one attached hydrogen (secondary N) is 1. The number of hydrogen-bond acceptors (Lipinski definition) is 6. The number of amides is 1. The van der Waals surface area contributed by atoms with Crippen LogP contribution in [0.4, 0.5) is 10.1 Å². The topological polar surface area (TPSA) is 118 Å². The standard InChI is InChI=1S/C22H22FN5O4S/c1-28(2)13-24-33(30,31)19-12-16(25-20(29)11-15-5-3-4-6-18(15)23)9-10-17(19)22-27-26-21(32-22)14-7-8-14/h3-6,9-10,12-14H,7-8,11H2,1-2H3,(H,25,29). The third kappa shape index (κ3) is 5.43. The molecule has 1 aliphatic rings. The summed E-state index contributed by atoms with van der Waals surface area (Å²) in [6, 6.07) is 10.2. The molecule has 0 aliphatic heterocycles. The van der Waals surface area contributed by atoms with Gasteiger partial charge in [-0.1, -0.05) is 18.2 Å². The van der Waals surface area contributed by atoms with Gasteiger partial charge in [-0.15, -0.1) is 14.6 Å². The molecular weight excluding hydrogens is 449 g/mol. The van der Waals surface area contributed by atoms with E-state index in [9.17, 15) is 17.6 Å². The molecule has 0 bridgehead atoms. The van der Waals surface area contributed by atoms with Gasteiger partial charge in [0.2, 0.25) is 17.7 Å². The second-order valence-electron chi connectivity index (χ2n) is 7.91. The molecular formula is C22H22FN5O4S. The zero-order valence-corrected chi connectivity index (χ0v) is 18.8. The van der Waals surface area contributed by atoms with Gasteiger partial charge in [-0.05, 0) is 42.7 Å². The van der Waals surface area contributed by atoms with Crippen molar-refractivity contribution in [2.24, 2.45) is 4.40 Å². The first-order valence-corrected chi connectivity index (χ1v) is 11.6. The Morgan fingerprint density at radius 3 is 2.70 bits per heavy atom. The molecule has 0 radical (unpaired) electrons. The number of carbonyl (C=O) groups is 1. The minimum atomic E-state index is -4.16. The summed E-state index contributed by atoms with van der Waals surface area (Å²) in [5, 5.41) is 10.6. The smallest absolute Gasteiger partial charge is 0.284 e. The van der Waals surface area contributed by atoms with E-state index in [1.54, 1.807) is 20.2 Å². The maximum Gasteiger partial charge on any atom is 0.284 e. The van der Waals surface area contributed by atoms with Crippen molar-refractivity contribution in [2.75, 3.05) is 19.4 Å². The number of carbonyl (C=O) groups excluding carboxylic acids is 1. The van der Waals surface area contributed by atoms with Gasteiger partial charge in [0.1, 0.15) is 17.1 Å². The van der Waals surface area contributed by atoms with Crippen LogP contribution in [0.1, 0.15) is 30.2 Å². The second-order valence-corrected chi connectivity index (χ2v) is 9.51. The molecule has 1 saturated carbocycles. The van der Waals surface area contributed by atoms with Crippen LogP contribution in [-0.2, 0) is 21.2 Å². The highest BCUT2D eigenvalue weighted by molar-refractivity contribution is 7.90. The van der Waals surface area contributed by atoms with Crippen LogP contribution in [0.15, 0.2) is 56.2 Å². The van der Waals surface area contributed by atoms with Gasteiger partial charge in [0.25, 0.3) is 10.0 Å². The summed E-state index contributed by atoms with van der Waals surface area (Å²) in [5.41, 5.74) is 0.617. The summed E-state index contributed by atoms with van der Waals surface area (Å²) in [7, 11) is -0.888. The van der Waals surface area contributed by atoms with Gasteiger partial charge in [0, 0.05) is 25.7 Å². The van der Waals surface area contributed by atoms with Crippen LogP contribution < -0.4 is 5.32 Å². The normalized spacial score (nSPS) is 13.9. The molecule has 1 aliphatic carbocycles. The number of anilines is 1. The van der Waals surface area contributed by atoms with Gasteiger partial charge in [-0.3, -0.25) is 4.79 Å². The predicted molar refractivity (Wildman–Crippen MR) is 120 cm³/mol. The Morgan fingerprint density at radius 1 is 1.24 bits per heavy atom. The fourth-order valence-electron chi connectivity index (χ4n) is 3.06. The van der Waals surface area contributed by atoms with Crippen LogP contribution in [0.5, 0.6) is 0 Å². The minimum Gasteiger partial charge on any atom is -0.420 e. The van der Waals surface area contributed by atoms with Gasteiger partial charge in [-0.25, -0.2) is 4.39 Å². The highest BCUT2D eigenvalue weighted by atomic mass is 32.2. The maximum atomic E-state index is 13.9. The van der Waals surface area contributed by atoms with Gasteiger partial charge < -0.3 is 14.6 Å². The lowest BCUT2D eigenvalue weighted by Crippen LogP contribution is -2.16. The Balaban J connectivity index is 1.66. The minimum absolute atomic E-state index is 0.0553. The molecule has 1 aromatic heterocycles. The fraction of sp³-hybridized carbons (Fsp3) is 0.273. The lowest BCUT2D eigenvalue weighted by atomic mass is 10.1. The average Bonchev–Trinajstić information content (AvgIpc) is 3.51. The number of hydrogen-bond donors (Lipinski definition) is 1. The van der Waals surface area contributed by atoms with E-state index in [-0.39, 0.29) is 39.9 Å². The molecule has 1 amide bonds. The Bertz CT molecular complexity index is 1320. The first kappa shape index (κ1) is 22.6. The first-order chi connectivity index (χ1) is 15.7. The highest BCUT2D eigenvalue weighted by Crippen LogP contribution is 2.40. The summed E-state index contributed by atoms with van der Waals surface area (Å²) in [5.74, 6) is -0.267. The van der Waals surface area contributed by atoms with Crippen molar-refractivity contribution in [3.8, 4) is 11.5 Å². The Hall–Kier alpha value is -3.60. The zero-order chi connectivity index (χ0) is 23.6. The third-order valence-corrected chi connectivity index (χ3v) is 6.13. The average molecular weight is 472 g/mol. The predicted octanol–water partition coefficient (Wildman–Crippen LogP) is 3.21. The van der Waals surface area contributed by atoms with E-state index in [4.69, 9.17) is 4.42 Å².